The second-order valence-electron chi connectivity index (χ2n) is 9.08. The zero-order valence-corrected chi connectivity index (χ0v) is 19.0. The minimum absolute atomic E-state index is 0.118. The quantitative estimate of drug-likeness (QED) is 0.609. The molecule has 2 aliphatic rings. The Morgan fingerprint density at radius 1 is 0.970 bits per heavy atom. The second kappa shape index (κ2) is 8.74. The topological polar surface area (TPSA) is 69.3 Å². The molecule has 3 aromatic rings. The summed E-state index contributed by atoms with van der Waals surface area (Å²) in [6.45, 7) is 2.31. The molecule has 1 amide bonds. The third-order valence-corrected chi connectivity index (χ3v) is 7.17. The van der Waals surface area contributed by atoms with Gasteiger partial charge in [-0.05, 0) is 55.4 Å². The molecular weight excluding hydrogens is 412 g/mol. The van der Waals surface area contributed by atoms with E-state index in [1.165, 1.54) is 5.56 Å². The van der Waals surface area contributed by atoms with Gasteiger partial charge in [0.05, 0.1) is 11.2 Å². The number of anilines is 2. The lowest BCUT2D eigenvalue weighted by molar-refractivity contribution is -0.117. The average molecular weight is 441 g/mol. The van der Waals surface area contributed by atoms with Crippen molar-refractivity contribution in [1.29, 1.82) is 5.26 Å². The molecule has 2 aliphatic heterocycles. The fourth-order valence-corrected chi connectivity index (χ4v) is 5.41. The minimum Gasteiger partial charge on any atom is -0.370 e. The van der Waals surface area contributed by atoms with Gasteiger partial charge in [-0.3, -0.25) is 9.59 Å². The van der Waals surface area contributed by atoms with Crippen LogP contribution >= 0.6 is 0 Å². The first-order valence-corrected chi connectivity index (χ1v) is 11.8. The van der Waals surface area contributed by atoms with E-state index < -0.39 is 0 Å². The summed E-state index contributed by atoms with van der Waals surface area (Å²) in [5, 5.41) is 10.8. The van der Waals surface area contributed by atoms with E-state index in [-0.39, 0.29) is 17.0 Å². The summed E-state index contributed by atoms with van der Waals surface area (Å²) in [6, 6.07) is 18.6. The normalized spacial score (nSPS) is 19.0. The zero-order valence-electron chi connectivity index (χ0n) is 19.0. The van der Waals surface area contributed by atoms with E-state index in [1.54, 1.807) is 16.5 Å². The zero-order chi connectivity index (χ0) is 22.9. The molecule has 33 heavy (non-hydrogen) atoms. The van der Waals surface area contributed by atoms with Gasteiger partial charge in [-0.25, -0.2) is 0 Å². The maximum atomic E-state index is 13.2. The molecule has 2 saturated heterocycles. The van der Waals surface area contributed by atoms with Crippen LogP contribution in [0, 0.1) is 11.3 Å². The van der Waals surface area contributed by atoms with Crippen LogP contribution in [-0.4, -0.2) is 30.1 Å². The molecule has 0 spiro atoms. The third kappa shape index (κ3) is 3.78. The summed E-state index contributed by atoms with van der Waals surface area (Å²) in [6.07, 6.45) is 4.48. The van der Waals surface area contributed by atoms with Gasteiger partial charge in [0.1, 0.15) is 11.6 Å². The van der Waals surface area contributed by atoms with Gasteiger partial charge < -0.3 is 14.4 Å². The number of hydrogen-bond donors (Lipinski definition) is 0. The lowest BCUT2D eigenvalue weighted by Gasteiger charge is -2.27. The van der Waals surface area contributed by atoms with Crippen LogP contribution in [0.25, 0.3) is 10.9 Å². The van der Waals surface area contributed by atoms with Crippen LogP contribution in [-0.2, 0) is 11.8 Å². The molecule has 3 heterocycles. The number of rotatable bonds is 3. The number of nitriles is 1. The van der Waals surface area contributed by atoms with E-state index in [1.807, 2.05) is 24.3 Å². The first-order chi connectivity index (χ1) is 16.1. The molecule has 168 valence electrons. The van der Waals surface area contributed by atoms with Gasteiger partial charge in [0.2, 0.25) is 5.91 Å². The van der Waals surface area contributed by atoms with Crippen LogP contribution in [0.5, 0.6) is 0 Å². The number of benzene rings is 2. The van der Waals surface area contributed by atoms with Gasteiger partial charge in [0.15, 0.2) is 0 Å². The van der Waals surface area contributed by atoms with Crippen LogP contribution in [0.15, 0.2) is 53.3 Å². The minimum atomic E-state index is -0.284. The molecule has 0 unspecified atom stereocenters. The molecule has 6 heteroatoms. The molecule has 0 radical (unpaired) electrons. The number of fused-ring (bicyclic) bond motifs is 1. The molecule has 0 aliphatic carbocycles. The molecule has 5 rings (SSSR count). The van der Waals surface area contributed by atoms with Crippen molar-refractivity contribution in [2.75, 3.05) is 29.4 Å². The Morgan fingerprint density at radius 3 is 2.52 bits per heavy atom. The Bertz CT molecular complexity index is 1310. The van der Waals surface area contributed by atoms with Gasteiger partial charge in [-0.15, -0.1) is 0 Å². The highest BCUT2D eigenvalue weighted by Gasteiger charge is 2.26. The van der Waals surface area contributed by atoms with Crippen molar-refractivity contribution < 1.29 is 4.79 Å². The molecule has 6 nitrogen and oxygen atoms in total. The number of aromatic nitrogens is 1. The Hall–Kier alpha value is -3.59. The molecule has 1 atom stereocenters. The Kier molecular flexibility index (Phi) is 5.63. The summed E-state index contributed by atoms with van der Waals surface area (Å²) in [5.74, 6) is 0.597. The Labute approximate surface area is 193 Å². The van der Waals surface area contributed by atoms with Crippen molar-refractivity contribution in [1.82, 2.24) is 4.57 Å². The number of nitrogens with zero attached hydrogens (tertiary/aromatic N) is 4. The molecule has 2 fully saturated rings. The van der Waals surface area contributed by atoms with Gasteiger partial charge in [0, 0.05) is 44.2 Å². The SMILES string of the molecule is Cn1c(=O)c(C#N)c(N2CCC[C@@H](c3ccccc3)CC2)c2ccc(N3CCCC3=O)cc21. The molecule has 0 N–H and O–H groups in total. The smallest absolute Gasteiger partial charge is 0.270 e. The number of aryl methyl sites for hydroxylation is 1. The molecule has 1 aromatic heterocycles. The number of carbonyl (C=O) groups excluding carboxylic acids is 1. The summed E-state index contributed by atoms with van der Waals surface area (Å²) in [7, 11) is 1.71. The predicted molar refractivity (Wildman–Crippen MR) is 131 cm³/mol. The van der Waals surface area contributed by atoms with E-state index in [2.05, 4.69) is 35.2 Å². The molecule has 2 aromatic carbocycles. The van der Waals surface area contributed by atoms with Crippen molar-refractivity contribution in [3.05, 3.63) is 70.0 Å². The van der Waals surface area contributed by atoms with Gasteiger partial charge in [0.25, 0.3) is 5.56 Å². The number of pyridine rings is 1. The second-order valence-corrected chi connectivity index (χ2v) is 9.08. The fourth-order valence-electron chi connectivity index (χ4n) is 5.41. The first kappa shape index (κ1) is 21.3. The summed E-state index contributed by atoms with van der Waals surface area (Å²) in [4.78, 5) is 29.5. The van der Waals surface area contributed by atoms with Crippen LogP contribution in [0.2, 0.25) is 0 Å². The van der Waals surface area contributed by atoms with Crippen LogP contribution in [0.4, 0.5) is 11.4 Å². The van der Waals surface area contributed by atoms with Gasteiger partial charge in [-0.2, -0.15) is 5.26 Å². The van der Waals surface area contributed by atoms with Crippen LogP contribution in [0.1, 0.15) is 49.1 Å². The summed E-state index contributed by atoms with van der Waals surface area (Å²) in [5.41, 5.74) is 3.59. The molecule has 0 bridgehead atoms. The maximum absolute atomic E-state index is 13.2. The van der Waals surface area contributed by atoms with Gasteiger partial charge >= 0.3 is 0 Å². The van der Waals surface area contributed by atoms with E-state index in [0.29, 0.717) is 18.9 Å². The number of carbonyl (C=O) groups is 1. The summed E-state index contributed by atoms with van der Waals surface area (Å²) >= 11 is 0. The van der Waals surface area contributed by atoms with Crippen molar-refractivity contribution in [2.45, 2.75) is 38.0 Å². The molecular formula is C27H28N4O2. The van der Waals surface area contributed by atoms with Crippen molar-refractivity contribution in [2.24, 2.45) is 7.05 Å². The van der Waals surface area contributed by atoms with E-state index in [9.17, 15) is 14.9 Å². The highest BCUT2D eigenvalue weighted by Crippen LogP contribution is 2.35. The maximum Gasteiger partial charge on any atom is 0.270 e. The highest BCUT2D eigenvalue weighted by atomic mass is 16.2. The fraction of sp³-hybridized carbons (Fsp3) is 0.370. The number of amides is 1. The van der Waals surface area contributed by atoms with E-state index >= 15 is 0 Å². The van der Waals surface area contributed by atoms with Crippen molar-refractivity contribution >= 4 is 28.2 Å². The van der Waals surface area contributed by atoms with Crippen molar-refractivity contribution in [3.8, 4) is 6.07 Å². The standard InChI is InChI=1S/C27H28N4O2/c1-29-24-17-21(31-15-6-10-25(31)32)11-12-22(24)26(23(18-28)27(29)33)30-14-5-9-20(13-16-30)19-7-3-2-4-8-19/h2-4,7-8,11-12,17,20H,5-6,9-10,13-16H2,1H3/t20-/m1/s1. The Balaban J connectivity index is 1.57. The monoisotopic (exact) mass is 440 g/mol. The largest absolute Gasteiger partial charge is 0.370 e. The van der Waals surface area contributed by atoms with Gasteiger partial charge in [-0.1, -0.05) is 30.3 Å². The Morgan fingerprint density at radius 2 is 1.79 bits per heavy atom. The predicted octanol–water partition coefficient (Wildman–Crippen LogP) is 4.31. The number of hydrogen-bond acceptors (Lipinski definition) is 4. The first-order valence-electron chi connectivity index (χ1n) is 11.8. The van der Waals surface area contributed by atoms with E-state index in [4.69, 9.17) is 0 Å². The van der Waals surface area contributed by atoms with Crippen molar-refractivity contribution in [3.63, 3.8) is 0 Å². The lowest BCUT2D eigenvalue weighted by Crippen LogP contribution is -2.30. The highest BCUT2D eigenvalue weighted by molar-refractivity contribution is 6.00. The summed E-state index contributed by atoms with van der Waals surface area (Å²) < 4.78 is 1.55. The third-order valence-electron chi connectivity index (χ3n) is 7.17. The van der Waals surface area contributed by atoms with Crippen LogP contribution < -0.4 is 15.4 Å². The van der Waals surface area contributed by atoms with Crippen LogP contribution in [0.3, 0.4) is 0 Å². The molecule has 0 saturated carbocycles. The lowest BCUT2D eigenvalue weighted by atomic mass is 9.92. The average Bonchev–Trinajstić information content (AvgIpc) is 3.13. The van der Waals surface area contributed by atoms with E-state index in [0.717, 1.165) is 61.1 Å².